The average molecular weight is 564 g/mol. The molecule has 232 valence electrons. The van der Waals surface area contributed by atoms with Crippen LogP contribution in [0.5, 0.6) is 0 Å². The molecular formula is C33H61N3O4. The number of rotatable bonds is 7. The number of carbonyl (C=O) groups excluding carboxylic acids is 2. The molecular weight excluding hydrogens is 502 g/mol. The van der Waals surface area contributed by atoms with Crippen LogP contribution in [0.1, 0.15) is 95.4 Å². The van der Waals surface area contributed by atoms with Crippen LogP contribution in [-0.4, -0.2) is 58.7 Å². The summed E-state index contributed by atoms with van der Waals surface area (Å²) in [6, 6.07) is -0.369. The van der Waals surface area contributed by atoms with Crippen LogP contribution in [0.15, 0.2) is 37.3 Å². The van der Waals surface area contributed by atoms with Gasteiger partial charge in [0.2, 0.25) is 11.8 Å². The van der Waals surface area contributed by atoms with E-state index in [1.54, 1.807) is 6.08 Å². The first-order valence-corrected chi connectivity index (χ1v) is 14.1. The van der Waals surface area contributed by atoms with Gasteiger partial charge in [-0.2, -0.15) is 0 Å². The summed E-state index contributed by atoms with van der Waals surface area (Å²) in [5.41, 5.74) is -0.399. The van der Waals surface area contributed by atoms with E-state index in [1.165, 1.54) is 4.90 Å². The van der Waals surface area contributed by atoms with E-state index in [2.05, 4.69) is 70.3 Å². The molecule has 0 aromatic heterocycles. The second-order valence-corrected chi connectivity index (χ2v) is 9.72. The number of nitrogens with one attached hydrogen (secondary N) is 2. The Balaban J connectivity index is -0.000000200. The second kappa shape index (κ2) is 30.4. The third-order valence-corrected chi connectivity index (χ3v) is 4.02. The average Bonchev–Trinajstić information content (AvgIpc) is 3.64. The highest BCUT2D eigenvalue weighted by molar-refractivity contribution is 5.89. The van der Waals surface area contributed by atoms with E-state index < -0.39 is 17.7 Å². The SMILES string of the molecule is C#C.C#C.C=C(NCC(=O)N1C[C@@H](O)C[C@H]1C(=O)NC1CC1)OC(C)(C)C.C=C/C=C\C.CC.CC.CC(C)C. The van der Waals surface area contributed by atoms with Crippen LogP contribution in [0.2, 0.25) is 0 Å². The fourth-order valence-corrected chi connectivity index (χ4v) is 2.68. The van der Waals surface area contributed by atoms with Crippen molar-refractivity contribution in [2.24, 2.45) is 5.92 Å². The molecule has 7 nitrogen and oxygen atoms in total. The predicted octanol–water partition coefficient (Wildman–Crippen LogP) is 6.06. The van der Waals surface area contributed by atoms with Crippen molar-refractivity contribution in [2.75, 3.05) is 13.1 Å². The van der Waals surface area contributed by atoms with Gasteiger partial charge in [-0.3, -0.25) is 9.59 Å². The maximum atomic E-state index is 12.4. The van der Waals surface area contributed by atoms with Gasteiger partial charge in [0, 0.05) is 19.0 Å². The number of hydrogen-bond donors (Lipinski definition) is 3. The summed E-state index contributed by atoms with van der Waals surface area (Å²) in [6.07, 6.45) is 23.2. The van der Waals surface area contributed by atoms with Crippen molar-refractivity contribution in [3.05, 3.63) is 37.3 Å². The second-order valence-electron chi connectivity index (χ2n) is 9.72. The summed E-state index contributed by atoms with van der Waals surface area (Å²) in [6.45, 7) is 29.5. The minimum absolute atomic E-state index is 0.0190. The zero-order chi connectivity index (χ0) is 32.9. The van der Waals surface area contributed by atoms with Crippen molar-refractivity contribution in [1.29, 1.82) is 0 Å². The number of carbonyl (C=O) groups is 2. The number of amides is 2. The lowest BCUT2D eigenvalue weighted by Crippen LogP contribution is -2.49. The van der Waals surface area contributed by atoms with Gasteiger partial charge < -0.3 is 25.4 Å². The Morgan fingerprint density at radius 2 is 1.52 bits per heavy atom. The molecule has 3 N–H and O–H groups in total. The Morgan fingerprint density at radius 1 is 1.07 bits per heavy atom. The lowest BCUT2D eigenvalue weighted by Gasteiger charge is -2.26. The van der Waals surface area contributed by atoms with Crippen LogP contribution < -0.4 is 10.6 Å². The van der Waals surface area contributed by atoms with Crippen LogP contribution in [0, 0.1) is 31.6 Å². The standard InChI is InChI=1S/C16H27N3O4.C5H8.C4H10.2C2H6.2C2H2/c1-10(23-16(2,3)4)17-8-14(21)19-9-12(20)7-13(19)15(22)18-11-5-6-11;1-3-5-4-2;1-4(2)3;4*1-2/h11-13,17,20H,1,5-9H2,2-4H3,(H,18,22);3-5H,1H2,2H3;4H,1-3H3;2*1-2H3;2*1-2H/b;5-4-;;;;;/t12-,13-;;;;;;/m0....../s1. The van der Waals surface area contributed by atoms with Crippen molar-refractivity contribution >= 4 is 11.8 Å². The molecule has 0 aromatic rings. The molecule has 40 heavy (non-hydrogen) atoms. The number of ether oxygens (including phenoxy) is 1. The zero-order valence-corrected chi connectivity index (χ0v) is 27.4. The summed E-state index contributed by atoms with van der Waals surface area (Å²) in [5.74, 6) is 0.711. The molecule has 1 saturated carbocycles. The topological polar surface area (TPSA) is 90.9 Å². The Hall–Kier alpha value is -3.16. The molecule has 0 radical (unpaired) electrons. The molecule has 0 bridgehead atoms. The number of aliphatic hydroxyl groups excluding tert-OH is 1. The Bertz CT molecular complexity index is 705. The first-order valence-electron chi connectivity index (χ1n) is 14.1. The van der Waals surface area contributed by atoms with Crippen LogP contribution in [0.4, 0.5) is 0 Å². The summed E-state index contributed by atoms with van der Waals surface area (Å²) in [4.78, 5) is 26.0. The predicted molar refractivity (Wildman–Crippen MR) is 173 cm³/mol. The van der Waals surface area contributed by atoms with Gasteiger partial charge in [0.15, 0.2) is 5.88 Å². The molecule has 0 aromatic carbocycles. The monoisotopic (exact) mass is 563 g/mol. The summed E-state index contributed by atoms with van der Waals surface area (Å²) >= 11 is 0. The van der Waals surface area contributed by atoms with Crippen LogP contribution in [-0.2, 0) is 14.3 Å². The molecule has 2 fully saturated rings. The molecule has 0 unspecified atom stereocenters. The van der Waals surface area contributed by atoms with Gasteiger partial charge in [0.05, 0.1) is 12.6 Å². The maximum Gasteiger partial charge on any atom is 0.243 e. The third kappa shape index (κ3) is 31.1. The fourth-order valence-electron chi connectivity index (χ4n) is 2.68. The van der Waals surface area contributed by atoms with Crippen LogP contribution in [0.25, 0.3) is 0 Å². The molecule has 2 atom stereocenters. The lowest BCUT2D eigenvalue weighted by atomic mass is 10.2. The van der Waals surface area contributed by atoms with Crippen molar-refractivity contribution in [2.45, 2.75) is 119 Å². The highest BCUT2D eigenvalue weighted by Crippen LogP contribution is 2.22. The summed E-state index contributed by atoms with van der Waals surface area (Å²) < 4.78 is 5.50. The van der Waals surface area contributed by atoms with Crippen molar-refractivity contribution in [3.8, 4) is 25.7 Å². The smallest absolute Gasteiger partial charge is 0.243 e. The molecule has 0 spiro atoms. The molecule has 7 heteroatoms. The first-order chi connectivity index (χ1) is 18.8. The van der Waals surface area contributed by atoms with Gasteiger partial charge in [0.1, 0.15) is 11.6 Å². The van der Waals surface area contributed by atoms with Gasteiger partial charge >= 0.3 is 0 Å². The fraction of sp³-hybridized carbons (Fsp3) is 0.636. The number of allylic oxidation sites excluding steroid dienone is 3. The molecule has 2 aliphatic rings. The number of likely N-dealkylation sites (tertiary alicyclic amines) is 1. The van der Waals surface area contributed by atoms with E-state index >= 15 is 0 Å². The minimum atomic E-state index is -0.664. The van der Waals surface area contributed by atoms with Gasteiger partial charge in [-0.15, -0.1) is 25.7 Å². The van der Waals surface area contributed by atoms with E-state index in [0.29, 0.717) is 5.88 Å². The van der Waals surface area contributed by atoms with Crippen LogP contribution >= 0.6 is 0 Å². The highest BCUT2D eigenvalue weighted by Gasteiger charge is 2.40. The van der Waals surface area contributed by atoms with Gasteiger partial charge in [-0.25, -0.2) is 0 Å². The van der Waals surface area contributed by atoms with E-state index in [9.17, 15) is 14.7 Å². The van der Waals surface area contributed by atoms with Crippen molar-refractivity contribution in [1.82, 2.24) is 15.5 Å². The number of hydrogen-bond acceptors (Lipinski definition) is 5. The first kappa shape index (κ1) is 46.7. The Labute approximate surface area is 247 Å². The Morgan fingerprint density at radius 3 is 1.85 bits per heavy atom. The van der Waals surface area contributed by atoms with Crippen molar-refractivity contribution in [3.63, 3.8) is 0 Å². The van der Waals surface area contributed by atoms with Crippen LogP contribution in [0.3, 0.4) is 0 Å². The summed E-state index contributed by atoms with van der Waals surface area (Å²) in [7, 11) is 0. The summed E-state index contributed by atoms with van der Waals surface area (Å²) in [5, 5.41) is 15.5. The zero-order valence-electron chi connectivity index (χ0n) is 27.4. The largest absolute Gasteiger partial charge is 0.474 e. The lowest BCUT2D eigenvalue weighted by molar-refractivity contribution is -0.138. The van der Waals surface area contributed by atoms with Gasteiger partial charge in [-0.1, -0.05) is 73.3 Å². The quantitative estimate of drug-likeness (QED) is 0.199. The number of nitrogens with zero attached hydrogens (tertiary/aromatic N) is 1. The molecule has 1 aliphatic carbocycles. The Kier molecular flexibility index (Phi) is 35.5. The highest BCUT2D eigenvalue weighted by atomic mass is 16.5. The van der Waals surface area contributed by atoms with E-state index in [4.69, 9.17) is 4.74 Å². The van der Waals surface area contributed by atoms with Gasteiger partial charge in [0.25, 0.3) is 0 Å². The van der Waals surface area contributed by atoms with Crippen molar-refractivity contribution < 1.29 is 19.4 Å². The van der Waals surface area contributed by atoms with Gasteiger partial charge in [-0.05, 0) is 53.0 Å². The molecule has 2 amide bonds. The molecule has 1 aliphatic heterocycles. The molecule has 1 heterocycles. The van der Waals surface area contributed by atoms with E-state index in [1.807, 2.05) is 67.5 Å². The normalized spacial score (nSPS) is 16.4. The van der Waals surface area contributed by atoms with E-state index in [-0.39, 0.29) is 37.4 Å². The van der Waals surface area contributed by atoms with E-state index in [0.717, 1.165) is 18.8 Å². The number of terminal acetylenes is 2. The minimum Gasteiger partial charge on any atom is -0.474 e. The molecule has 2 rings (SSSR count). The maximum absolute atomic E-state index is 12.4. The molecule has 1 saturated heterocycles. The number of aliphatic hydroxyl groups is 1. The number of β-amino-alcohol motifs (C(OH)–C–C–N with tert-alkyl or cyclic N) is 1. The third-order valence-electron chi connectivity index (χ3n) is 4.02.